The summed E-state index contributed by atoms with van der Waals surface area (Å²) >= 11 is 0. The fourth-order valence-corrected chi connectivity index (χ4v) is 4.38. The van der Waals surface area contributed by atoms with Crippen LogP contribution >= 0.6 is 0 Å². The lowest BCUT2D eigenvalue weighted by Crippen LogP contribution is -2.49. The van der Waals surface area contributed by atoms with Crippen molar-refractivity contribution < 1.29 is 13.2 Å². The van der Waals surface area contributed by atoms with E-state index in [0.29, 0.717) is 19.3 Å². The quantitative estimate of drug-likeness (QED) is 0.735. The first kappa shape index (κ1) is 12.3. The summed E-state index contributed by atoms with van der Waals surface area (Å²) in [6, 6.07) is 0.524. The molecule has 94 valence electrons. The summed E-state index contributed by atoms with van der Waals surface area (Å²) < 4.78 is 29.3. The van der Waals surface area contributed by atoms with Crippen LogP contribution in [-0.4, -0.2) is 56.2 Å². The summed E-state index contributed by atoms with van der Waals surface area (Å²) in [6.45, 7) is 6.97. The van der Waals surface area contributed by atoms with Crippen LogP contribution in [0.5, 0.6) is 0 Å². The number of nitrogens with zero attached hydrogens (tertiary/aromatic N) is 1. The average Bonchev–Trinajstić information content (AvgIpc) is 2.14. The molecule has 4 nitrogen and oxygen atoms in total. The minimum atomic E-state index is -2.93. The van der Waals surface area contributed by atoms with Gasteiger partial charge in [-0.3, -0.25) is 0 Å². The van der Waals surface area contributed by atoms with Gasteiger partial charge in [0.05, 0.1) is 18.5 Å². The molecule has 0 spiro atoms. The summed E-state index contributed by atoms with van der Waals surface area (Å²) in [6.07, 6.45) is 1.58. The Hall–Kier alpha value is -0.130. The Bertz CT molecular complexity index is 327. The van der Waals surface area contributed by atoms with E-state index in [1.165, 1.54) is 0 Å². The van der Waals surface area contributed by atoms with Crippen molar-refractivity contribution in [2.75, 3.05) is 26.3 Å². The molecule has 2 heterocycles. The van der Waals surface area contributed by atoms with Crippen molar-refractivity contribution >= 4 is 9.84 Å². The number of hydrogen-bond donors (Lipinski definition) is 0. The van der Waals surface area contributed by atoms with Crippen molar-refractivity contribution in [2.45, 2.75) is 43.2 Å². The van der Waals surface area contributed by atoms with E-state index < -0.39 is 9.84 Å². The highest BCUT2D eigenvalue weighted by atomic mass is 32.2. The molecule has 2 saturated heterocycles. The van der Waals surface area contributed by atoms with E-state index in [1.54, 1.807) is 0 Å². The molecular formula is C11H21NO3S. The second kappa shape index (κ2) is 4.63. The normalized spacial score (nSPS) is 25.9. The number of ether oxygens (including phenoxy) is 1. The molecule has 2 aliphatic heterocycles. The van der Waals surface area contributed by atoms with Crippen molar-refractivity contribution in [1.82, 2.24) is 4.90 Å². The Morgan fingerprint density at radius 2 is 1.69 bits per heavy atom. The third-order valence-corrected chi connectivity index (χ3v) is 6.35. The monoisotopic (exact) mass is 247 g/mol. The van der Waals surface area contributed by atoms with Crippen LogP contribution in [0.3, 0.4) is 0 Å². The van der Waals surface area contributed by atoms with Crippen LogP contribution in [0, 0.1) is 0 Å². The SMILES string of the molecule is CC(C)N1CCC(S(=O)(=O)C2COC2)CC1. The Labute approximate surface area is 97.9 Å². The third-order valence-electron chi connectivity index (χ3n) is 3.74. The first-order valence-electron chi connectivity index (χ1n) is 6.06. The lowest BCUT2D eigenvalue weighted by atomic mass is 10.1. The zero-order valence-corrected chi connectivity index (χ0v) is 10.9. The molecule has 0 N–H and O–H groups in total. The molecular weight excluding hydrogens is 226 g/mol. The molecule has 5 heteroatoms. The van der Waals surface area contributed by atoms with Gasteiger partial charge in [0.1, 0.15) is 5.25 Å². The van der Waals surface area contributed by atoms with Gasteiger partial charge in [-0.2, -0.15) is 0 Å². The van der Waals surface area contributed by atoms with E-state index in [1.807, 2.05) is 0 Å². The van der Waals surface area contributed by atoms with Gasteiger partial charge in [-0.1, -0.05) is 0 Å². The van der Waals surface area contributed by atoms with Crippen LogP contribution in [0.1, 0.15) is 26.7 Å². The Morgan fingerprint density at radius 3 is 2.06 bits per heavy atom. The van der Waals surface area contributed by atoms with E-state index in [9.17, 15) is 8.42 Å². The minimum Gasteiger partial charge on any atom is -0.379 e. The minimum absolute atomic E-state index is 0.128. The highest BCUT2D eigenvalue weighted by Crippen LogP contribution is 2.25. The molecule has 2 rings (SSSR count). The zero-order chi connectivity index (χ0) is 11.8. The van der Waals surface area contributed by atoms with E-state index in [-0.39, 0.29) is 10.5 Å². The lowest BCUT2D eigenvalue weighted by molar-refractivity contribution is 0.0407. The van der Waals surface area contributed by atoms with Gasteiger partial charge in [-0.25, -0.2) is 8.42 Å². The van der Waals surface area contributed by atoms with Crippen molar-refractivity contribution in [2.24, 2.45) is 0 Å². The van der Waals surface area contributed by atoms with Gasteiger partial charge in [-0.05, 0) is 39.8 Å². The van der Waals surface area contributed by atoms with E-state index in [0.717, 1.165) is 25.9 Å². The number of hydrogen-bond acceptors (Lipinski definition) is 4. The second-order valence-electron chi connectivity index (χ2n) is 5.08. The highest BCUT2D eigenvalue weighted by molar-refractivity contribution is 7.92. The molecule has 16 heavy (non-hydrogen) atoms. The van der Waals surface area contributed by atoms with Crippen LogP contribution in [0.15, 0.2) is 0 Å². The zero-order valence-electron chi connectivity index (χ0n) is 10.1. The fraction of sp³-hybridized carbons (Fsp3) is 1.00. The summed E-state index contributed by atoms with van der Waals surface area (Å²) in [5, 5.41) is -0.348. The summed E-state index contributed by atoms with van der Waals surface area (Å²) in [7, 11) is -2.93. The van der Waals surface area contributed by atoms with Gasteiger partial charge >= 0.3 is 0 Å². The smallest absolute Gasteiger partial charge is 0.160 e. The van der Waals surface area contributed by atoms with Gasteiger partial charge < -0.3 is 9.64 Å². The summed E-state index contributed by atoms with van der Waals surface area (Å²) in [4.78, 5) is 2.35. The van der Waals surface area contributed by atoms with Crippen LogP contribution in [-0.2, 0) is 14.6 Å². The van der Waals surface area contributed by atoms with Crippen molar-refractivity contribution in [1.29, 1.82) is 0 Å². The fourth-order valence-electron chi connectivity index (χ4n) is 2.40. The molecule has 0 bridgehead atoms. The molecule has 0 amide bonds. The lowest BCUT2D eigenvalue weighted by Gasteiger charge is -2.37. The maximum absolute atomic E-state index is 12.1. The molecule has 2 fully saturated rings. The van der Waals surface area contributed by atoms with E-state index in [4.69, 9.17) is 4.74 Å². The number of piperidine rings is 1. The molecule has 0 aliphatic carbocycles. The number of rotatable bonds is 3. The maximum Gasteiger partial charge on any atom is 0.160 e. The van der Waals surface area contributed by atoms with Crippen LogP contribution in [0.2, 0.25) is 0 Å². The van der Waals surface area contributed by atoms with Gasteiger partial charge in [0, 0.05) is 6.04 Å². The molecule has 0 radical (unpaired) electrons. The largest absolute Gasteiger partial charge is 0.379 e. The average molecular weight is 247 g/mol. The third kappa shape index (κ3) is 2.26. The molecule has 2 aliphatic rings. The van der Waals surface area contributed by atoms with E-state index >= 15 is 0 Å². The number of likely N-dealkylation sites (tertiary alicyclic amines) is 1. The molecule has 0 atom stereocenters. The molecule has 0 aromatic heterocycles. The van der Waals surface area contributed by atoms with Gasteiger partial charge in [0.15, 0.2) is 9.84 Å². The van der Waals surface area contributed by atoms with Crippen molar-refractivity contribution in [3.63, 3.8) is 0 Å². The number of sulfone groups is 1. The first-order chi connectivity index (χ1) is 7.51. The Morgan fingerprint density at radius 1 is 1.12 bits per heavy atom. The Kier molecular flexibility index (Phi) is 3.56. The molecule has 0 saturated carbocycles. The topological polar surface area (TPSA) is 46.6 Å². The van der Waals surface area contributed by atoms with Crippen molar-refractivity contribution in [3.8, 4) is 0 Å². The molecule has 0 unspecified atom stereocenters. The predicted octanol–water partition coefficient (Wildman–Crippen LogP) is 0.673. The summed E-state index contributed by atoms with van der Waals surface area (Å²) in [5.41, 5.74) is 0. The van der Waals surface area contributed by atoms with Crippen LogP contribution < -0.4 is 0 Å². The van der Waals surface area contributed by atoms with Gasteiger partial charge in [0.25, 0.3) is 0 Å². The van der Waals surface area contributed by atoms with Crippen LogP contribution in [0.4, 0.5) is 0 Å². The van der Waals surface area contributed by atoms with Gasteiger partial charge in [-0.15, -0.1) is 0 Å². The predicted molar refractivity (Wildman–Crippen MR) is 63.3 cm³/mol. The molecule has 0 aromatic rings. The second-order valence-corrected chi connectivity index (χ2v) is 7.59. The summed E-state index contributed by atoms with van der Waals surface area (Å²) in [5.74, 6) is 0. The maximum atomic E-state index is 12.1. The Balaban J connectivity index is 1.93. The van der Waals surface area contributed by atoms with Crippen LogP contribution in [0.25, 0.3) is 0 Å². The highest BCUT2D eigenvalue weighted by Gasteiger charge is 2.40. The standard InChI is InChI=1S/C11H21NO3S/c1-9(2)12-5-3-10(4-6-12)16(13,14)11-7-15-8-11/h9-11H,3-8H2,1-2H3. The van der Waals surface area contributed by atoms with Crippen molar-refractivity contribution in [3.05, 3.63) is 0 Å². The van der Waals surface area contributed by atoms with Gasteiger partial charge in [0.2, 0.25) is 0 Å². The van der Waals surface area contributed by atoms with E-state index in [2.05, 4.69) is 18.7 Å². The molecule has 0 aromatic carbocycles. The first-order valence-corrected chi connectivity index (χ1v) is 7.67.